The molecule has 0 aromatic carbocycles. The maximum atomic E-state index is 11.6. The molecule has 0 aromatic rings. The number of carbonyl (C=O) groups excluding carboxylic acids is 1. The molecule has 108 valence electrons. The molecule has 4 nitrogen and oxygen atoms in total. The van der Waals surface area contributed by atoms with Gasteiger partial charge in [0.25, 0.3) is 0 Å². The van der Waals surface area contributed by atoms with Crippen LogP contribution in [0.5, 0.6) is 0 Å². The normalized spacial score (nSPS) is 14.2. The van der Waals surface area contributed by atoms with Crippen LogP contribution in [0, 0.1) is 5.92 Å². The molecule has 0 rings (SSSR count). The molecule has 0 saturated carbocycles. The summed E-state index contributed by atoms with van der Waals surface area (Å²) in [7, 11) is 0. The molecule has 4 heteroatoms. The van der Waals surface area contributed by atoms with Crippen LogP contribution in [-0.2, 0) is 14.3 Å². The van der Waals surface area contributed by atoms with E-state index in [-0.39, 0.29) is 17.9 Å². The van der Waals surface area contributed by atoms with Crippen LogP contribution in [0.4, 0.5) is 0 Å². The molecule has 2 unspecified atom stereocenters. The topological polar surface area (TPSA) is 61.5 Å². The molecule has 0 aliphatic rings. The van der Waals surface area contributed by atoms with Gasteiger partial charge in [-0.1, -0.05) is 26.7 Å². The molecule has 0 saturated heterocycles. The third kappa shape index (κ3) is 10.5. The van der Waals surface area contributed by atoms with Gasteiger partial charge in [-0.3, -0.25) is 4.79 Å². The predicted octanol–water partition coefficient (Wildman–Crippen LogP) is 2.50. The molecule has 2 atom stereocenters. The van der Waals surface area contributed by atoms with Crippen LogP contribution in [0.25, 0.3) is 0 Å². The van der Waals surface area contributed by atoms with E-state index in [1.54, 1.807) is 0 Å². The molecule has 0 fully saturated rings. The Balaban J connectivity index is 3.44. The number of unbranched alkanes of at least 4 members (excludes halogenated alkanes) is 1. The summed E-state index contributed by atoms with van der Waals surface area (Å²) in [5, 5.41) is 0. The fraction of sp³-hybridized carbons (Fsp3) is 0.929. The summed E-state index contributed by atoms with van der Waals surface area (Å²) in [5.74, 6) is -0.168. The Hall–Kier alpha value is -0.610. The van der Waals surface area contributed by atoms with Crippen molar-refractivity contribution in [2.75, 3.05) is 19.8 Å². The highest BCUT2D eigenvalue weighted by Gasteiger charge is 2.13. The lowest BCUT2D eigenvalue weighted by Crippen LogP contribution is -2.19. The van der Waals surface area contributed by atoms with E-state index in [0.717, 1.165) is 38.7 Å². The van der Waals surface area contributed by atoms with Gasteiger partial charge in [-0.25, -0.2) is 0 Å². The van der Waals surface area contributed by atoms with E-state index < -0.39 is 0 Å². The molecule has 0 aromatic heterocycles. The summed E-state index contributed by atoms with van der Waals surface area (Å²) >= 11 is 0. The zero-order chi connectivity index (χ0) is 13.8. The largest absolute Gasteiger partial charge is 0.463 e. The van der Waals surface area contributed by atoms with Gasteiger partial charge >= 0.3 is 5.97 Å². The number of nitrogens with two attached hydrogens (primary N) is 1. The van der Waals surface area contributed by atoms with Gasteiger partial charge in [-0.2, -0.15) is 0 Å². The Morgan fingerprint density at radius 1 is 1.11 bits per heavy atom. The number of hydrogen-bond donors (Lipinski definition) is 1. The van der Waals surface area contributed by atoms with Crippen LogP contribution in [0.2, 0.25) is 0 Å². The number of ether oxygens (including phenoxy) is 2. The first-order valence-corrected chi connectivity index (χ1v) is 7.07. The van der Waals surface area contributed by atoms with Crippen molar-refractivity contribution in [3.63, 3.8) is 0 Å². The van der Waals surface area contributed by atoms with Crippen molar-refractivity contribution in [3.05, 3.63) is 0 Å². The summed E-state index contributed by atoms with van der Waals surface area (Å²) in [4.78, 5) is 11.6. The van der Waals surface area contributed by atoms with Crippen LogP contribution in [0.15, 0.2) is 0 Å². The average Bonchev–Trinajstić information content (AvgIpc) is 2.32. The third-order valence-electron chi connectivity index (χ3n) is 2.81. The molecule has 18 heavy (non-hydrogen) atoms. The smallest absolute Gasteiger partial charge is 0.308 e. The van der Waals surface area contributed by atoms with Crippen LogP contribution in [-0.4, -0.2) is 31.8 Å². The fourth-order valence-electron chi connectivity index (χ4n) is 1.56. The summed E-state index contributed by atoms with van der Waals surface area (Å²) in [5.41, 5.74) is 5.66. The first-order valence-electron chi connectivity index (χ1n) is 7.07. The van der Waals surface area contributed by atoms with E-state index in [2.05, 4.69) is 6.92 Å². The Morgan fingerprint density at radius 3 is 2.44 bits per heavy atom. The maximum absolute atomic E-state index is 11.6. The quantitative estimate of drug-likeness (QED) is 0.457. The lowest BCUT2D eigenvalue weighted by atomic mass is 10.0. The SMILES string of the molecule is CCCCOCCOC(=O)C(C)CCCC(C)N. The van der Waals surface area contributed by atoms with E-state index in [9.17, 15) is 4.79 Å². The standard InChI is InChI=1S/C14H29NO3/c1-4-5-9-17-10-11-18-14(16)12(2)7-6-8-13(3)15/h12-13H,4-11,15H2,1-3H3. The molecular formula is C14H29NO3. The lowest BCUT2D eigenvalue weighted by molar-refractivity contribution is -0.149. The van der Waals surface area contributed by atoms with Crippen molar-refractivity contribution in [2.45, 2.75) is 58.9 Å². The monoisotopic (exact) mass is 259 g/mol. The number of carbonyl (C=O) groups is 1. The minimum Gasteiger partial charge on any atom is -0.463 e. The van der Waals surface area contributed by atoms with Gasteiger partial charge in [-0.05, 0) is 26.2 Å². The highest BCUT2D eigenvalue weighted by molar-refractivity contribution is 5.71. The lowest BCUT2D eigenvalue weighted by Gasteiger charge is -2.12. The van der Waals surface area contributed by atoms with Gasteiger partial charge in [-0.15, -0.1) is 0 Å². The second kappa shape index (κ2) is 11.5. The minimum atomic E-state index is -0.126. The van der Waals surface area contributed by atoms with E-state index in [0.29, 0.717) is 13.2 Å². The van der Waals surface area contributed by atoms with Crippen molar-refractivity contribution in [1.82, 2.24) is 0 Å². The first-order chi connectivity index (χ1) is 8.57. The van der Waals surface area contributed by atoms with E-state index >= 15 is 0 Å². The molecule has 0 aliphatic heterocycles. The molecule has 0 radical (unpaired) electrons. The molecule has 0 bridgehead atoms. The minimum absolute atomic E-state index is 0.0422. The van der Waals surface area contributed by atoms with E-state index in [1.807, 2.05) is 13.8 Å². The van der Waals surface area contributed by atoms with Crippen molar-refractivity contribution in [2.24, 2.45) is 11.7 Å². The molecule has 0 heterocycles. The summed E-state index contributed by atoms with van der Waals surface area (Å²) in [6.45, 7) is 7.61. The van der Waals surface area contributed by atoms with Crippen LogP contribution in [0.1, 0.15) is 52.9 Å². The Labute approximate surface area is 111 Å². The van der Waals surface area contributed by atoms with E-state index in [1.165, 1.54) is 0 Å². The molecule has 2 N–H and O–H groups in total. The zero-order valence-electron chi connectivity index (χ0n) is 12.1. The van der Waals surface area contributed by atoms with Crippen LogP contribution in [0.3, 0.4) is 0 Å². The predicted molar refractivity (Wildman–Crippen MR) is 73.4 cm³/mol. The van der Waals surface area contributed by atoms with Gasteiger partial charge in [0.1, 0.15) is 6.61 Å². The fourth-order valence-corrected chi connectivity index (χ4v) is 1.56. The van der Waals surface area contributed by atoms with Gasteiger partial charge in [0.2, 0.25) is 0 Å². The number of rotatable bonds is 11. The second-order valence-corrected chi connectivity index (χ2v) is 4.94. The van der Waals surface area contributed by atoms with Gasteiger partial charge in [0, 0.05) is 12.6 Å². The van der Waals surface area contributed by atoms with Crippen LogP contribution < -0.4 is 5.73 Å². The first kappa shape index (κ1) is 17.4. The summed E-state index contributed by atoms with van der Waals surface area (Å²) in [6.07, 6.45) is 4.95. The second-order valence-electron chi connectivity index (χ2n) is 4.94. The van der Waals surface area contributed by atoms with Crippen LogP contribution >= 0.6 is 0 Å². The summed E-state index contributed by atoms with van der Waals surface area (Å²) in [6, 6.07) is 0.209. The molecular weight excluding hydrogens is 230 g/mol. The number of esters is 1. The Morgan fingerprint density at radius 2 is 1.83 bits per heavy atom. The van der Waals surface area contributed by atoms with E-state index in [4.69, 9.17) is 15.2 Å². The van der Waals surface area contributed by atoms with Crippen molar-refractivity contribution in [3.8, 4) is 0 Å². The third-order valence-corrected chi connectivity index (χ3v) is 2.81. The summed E-state index contributed by atoms with van der Waals surface area (Å²) < 4.78 is 10.5. The highest BCUT2D eigenvalue weighted by atomic mass is 16.6. The highest BCUT2D eigenvalue weighted by Crippen LogP contribution is 2.10. The van der Waals surface area contributed by atoms with Gasteiger partial charge < -0.3 is 15.2 Å². The maximum Gasteiger partial charge on any atom is 0.308 e. The molecule has 0 amide bonds. The van der Waals surface area contributed by atoms with Gasteiger partial charge in [0.05, 0.1) is 12.5 Å². The van der Waals surface area contributed by atoms with Gasteiger partial charge in [0.15, 0.2) is 0 Å². The zero-order valence-corrected chi connectivity index (χ0v) is 12.1. The Kier molecular flexibility index (Phi) is 11.1. The van der Waals surface area contributed by atoms with Crippen molar-refractivity contribution in [1.29, 1.82) is 0 Å². The Bertz CT molecular complexity index is 207. The molecule has 0 spiro atoms. The van der Waals surface area contributed by atoms with Crippen molar-refractivity contribution < 1.29 is 14.3 Å². The van der Waals surface area contributed by atoms with Crippen molar-refractivity contribution >= 4 is 5.97 Å². The average molecular weight is 259 g/mol. The number of hydrogen-bond acceptors (Lipinski definition) is 4. The molecule has 0 aliphatic carbocycles.